The summed E-state index contributed by atoms with van der Waals surface area (Å²) in [7, 11) is -3.44. The molecule has 0 aliphatic carbocycles. The minimum absolute atomic E-state index is 0.0821. The standard InChI is InChI=1S/C18H22FN5O3S/c1-28(26,27)22-10-16(25)24-8-2-3-13(11-24)17-15(9-21-18(20)23-17)12-4-6-14(19)7-5-12/h4-7,9,13,22H,2-3,8,10-11H2,1H3,(H2,20,21,23)/t13-/m0/s1. The van der Waals surface area contributed by atoms with Crippen molar-refractivity contribution in [2.75, 3.05) is 31.6 Å². The van der Waals surface area contributed by atoms with E-state index in [9.17, 15) is 17.6 Å². The molecule has 1 atom stereocenters. The number of rotatable bonds is 5. The average molecular weight is 407 g/mol. The summed E-state index contributed by atoms with van der Waals surface area (Å²) in [5.41, 5.74) is 7.99. The number of carbonyl (C=O) groups excluding carboxylic acids is 1. The Morgan fingerprint density at radius 2 is 2.07 bits per heavy atom. The van der Waals surface area contributed by atoms with E-state index in [1.165, 1.54) is 12.1 Å². The van der Waals surface area contributed by atoms with Crippen molar-refractivity contribution < 1.29 is 17.6 Å². The van der Waals surface area contributed by atoms with Crippen molar-refractivity contribution >= 4 is 21.9 Å². The lowest BCUT2D eigenvalue weighted by Crippen LogP contribution is -2.44. The van der Waals surface area contributed by atoms with Crippen LogP contribution in [0.4, 0.5) is 10.3 Å². The predicted molar refractivity (Wildman–Crippen MR) is 103 cm³/mol. The van der Waals surface area contributed by atoms with E-state index >= 15 is 0 Å². The van der Waals surface area contributed by atoms with Gasteiger partial charge in [0, 0.05) is 30.8 Å². The zero-order chi connectivity index (χ0) is 20.3. The summed E-state index contributed by atoms with van der Waals surface area (Å²) in [4.78, 5) is 22.5. The van der Waals surface area contributed by atoms with Crippen molar-refractivity contribution in [2.45, 2.75) is 18.8 Å². The first-order valence-electron chi connectivity index (χ1n) is 8.83. The van der Waals surface area contributed by atoms with Gasteiger partial charge in [-0.3, -0.25) is 4.79 Å². The third-order valence-electron chi connectivity index (χ3n) is 4.64. The summed E-state index contributed by atoms with van der Waals surface area (Å²) in [5, 5.41) is 0. The maximum atomic E-state index is 13.3. The topological polar surface area (TPSA) is 118 Å². The van der Waals surface area contributed by atoms with Crippen LogP contribution in [0.2, 0.25) is 0 Å². The average Bonchev–Trinajstić information content (AvgIpc) is 2.66. The van der Waals surface area contributed by atoms with Crippen LogP contribution >= 0.6 is 0 Å². The van der Waals surface area contributed by atoms with Crippen LogP contribution in [-0.4, -0.2) is 55.1 Å². The second-order valence-corrected chi connectivity index (χ2v) is 8.64. The number of aromatic nitrogens is 2. The molecular weight excluding hydrogens is 385 g/mol. The smallest absolute Gasteiger partial charge is 0.237 e. The van der Waals surface area contributed by atoms with Gasteiger partial charge >= 0.3 is 0 Å². The van der Waals surface area contributed by atoms with Crippen LogP contribution in [0.1, 0.15) is 24.5 Å². The Balaban J connectivity index is 1.83. The van der Waals surface area contributed by atoms with E-state index < -0.39 is 10.0 Å². The molecule has 3 rings (SSSR count). The molecule has 0 unspecified atom stereocenters. The molecule has 0 radical (unpaired) electrons. The minimum atomic E-state index is -3.44. The Kier molecular flexibility index (Phi) is 5.90. The molecule has 2 heterocycles. The fourth-order valence-corrected chi connectivity index (χ4v) is 3.69. The Hall–Kier alpha value is -2.59. The van der Waals surface area contributed by atoms with E-state index in [1.54, 1.807) is 23.2 Å². The number of nitrogens with one attached hydrogen (secondary N) is 1. The summed E-state index contributed by atoms with van der Waals surface area (Å²) in [6.45, 7) is 0.671. The van der Waals surface area contributed by atoms with E-state index in [0.29, 0.717) is 18.8 Å². The minimum Gasteiger partial charge on any atom is -0.368 e. The summed E-state index contributed by atoms with van der Waals surface area (Å²) in [6, 6.07) is 6.02. The number of piperidine rings is 1. The highest BCUT2D eigenvalue weighted by Crippen LogP contribution is 2.33. The molecule has 1 saturated heterocycles. The fraction of sp³-hybridized carbons (Fsp3) is 0.389. The maximum Gasteiger partial charge on any atom is 0.237 e. The van der Waals surface area contributed by atoms with Gasteiger partial charge in [-0.15, -0.1) is 0 Å². The highest BCUT2D eigenvalue weighted by molar-refractivity contribution is 7.88. The van der Waals surface area contributed by atoms with Gasteiger partial charge in [-0.2, -0.15) is 0 Å². The molecule has 28 heavy (non-hydrogen) atoms. The highest BCUT2D eigenvalue weighted by atomic mass is 32.2. The molecule has 1 fully saturated rings. The molecular formula is C18H22FN5O3S. The number of likely N-dealkylation sites (tertiary alicyclic amines) is 1. The SMILES string of the molecule is CS(=O)(=O)NCC(=O)N1CCC[C@H](c2nc(N)ncc2-c2ccc(F)cc2)C1. The molecule has 1 aliphatic heterocycles. The lowest BCUT2D eigenvalue weighted by Gasteiger charge is -2.33. The number of halogens is 1. The van der Waals surface area contributed by atoms with E-state index in [2.05, 4.69) is 14.7 Å². The van der Waals surface area contributed by atoms with E-state index in [0.717, 1.165) is 30.2 Å². The highest BCUT2D eigenvalue weighted by Gasteiger charge is 2.28. The van der Waals surface area contributed by atoms with E-state index in [4.69, 9.17) is 5.73 Å². The number of hydrogen-bond donors (Lipinski definition) is 2. The Bertz CT molecular complexity index is 966. The number of carbonyl (C=O) groups is 1. The van der Waals surface area contributed by atoms with Crippen molar-refractivity contribution in [3.63, 3.8) is 0 Å². The van der Waals surface area contributed by atoms with Crippen LogP contribution in [0.3, 0.4) is 0 Å². The lowest BCUT2D eigenvalue weighted by molar-refractivity contribution is -0.131. The first kappa shape index (κ1) is 20.2. The third-order valence-corrected chi connectivity index (χ3v) is 5.31. The Morgan fingerprint density at radius 1 is 1.36 bits per heavy atom. The molecule has 150 valence electrons. The summed E-state index contributed by atoms with van der Waals surface area (Å²) in [5.74, 6) is -0.584. The molecule has 1 amide bonds. The van der Waals surface area contributed by atoms with Crippen LogP contribution in [0.15, 0.2) is 30.5 Å². The number of nitrogen functional groups attached to an aromatic ring is 1. The van der Waals surface area contributed by atoms with Crippen LogP contribution in [-0.2, 0) is 14.8 Å². The van der Waals surface area contributed by atoms with Gasteiger partial charge in [0.1, 0.15) is 5.82 Å². The molecule has 10 heteroatoms. The number of sulfonamides is 1. The van der Waals surface area contributed by atoms with Gasteiger partial charge in [0.15, 0.2) is 0 Å². The first-order chi connectivity index (χ1) is 13.2. The van der Waals surface area contributed by atoms with Crippen LogP contribution in [0, 0.1) is 5.82 Å². The van der Waals surface area contributed by atoms with Crippen molar-refractivity contribution in [2.24, 2.45) is 0 Å². The van der Waals surface area contributed by atoms with Crippen molar-refractivity contribution in [3.8, 4) is 11.1 Å². The monoisotopic (exact) mass is 407 g/mol. The molecule has 2 aromatic rings. The zero-order valence-electron chi connectivity index (χ0n) is 15.4. The molecule has 3 N–H and O–H groups in total. The zero-order valence-corrected chi connectivity index (χ0v) is 16.2. The normalized spacial score (nSPS) is 17.5. The van der Waals surface area contributed by atoms with Gasteiger partial charge in [-0.1, -0.05) is 12.1 Å². The van der Waals surface area contributed by atoms with Crippen molar-refractivity contribution in [3.05, 3.63) is 42.0 Å². The maximum absolute atomic E-state index is 13.3. The first-order valence-corrected chi connectivity index (χ1v) is 10.7. The Labute approximate surface area is 163 Å². The van der Waals surface area contributed by atoms with Gasteiger partial charge in [0.2, 0.25) is 21.9 Å². The molecule has 1 aliphatic rings. The summed E-state index contributed by atoms with van der Waals surface area (Å²) in [6.07, 6.45) is 4.17. The van der Waals surface area contributed by atoms with Crippen LogP contribution in [0.5, 0.6) is 0 Å². The van der Waals surface area contributed by atoms with Crippen LogP contribution < -0.4 is 10.5 Å². The van der Waals surface area contributed by atoms with Gasteiger partial charge in [0.05, 0.1) is 18.5 Å². The van der Waals surface area contributed by atoms with Crippen LogP contribution in [0.25, 0.3) is 11.1 Å². The second kappa shape index (κ2) is 8.19. The second-order valence-electron chi connectivity index (χ2n) is 6.81. The number of benzene rings is 1. The molecule has 8 nitrogen and oxygen atoms in total. The molecule has 1 aromatic heterocycles. The van der Waals surface area contributed by atoms with Gasteiger partial charge in [-0.05, 0) is 30.5 Å². The lowest BCUT2D eigenvalue weighted by atomic mass is 9.90. The quantitative estimate of drug-likeness (QED) is 0.767. The fourth-order valence-electron chi connectivity index (χ4n) is 3.30. The number of nitrogens with two attached hydrogens (primary N) is 1. The summed E-state index contributed by atoms with van der Waals surface area (Å²) < 4.78 is 38.0. The molecule has 0 spiro atoms. The van der Waals surface area contributed by atoms with E-state index in [-0.39, 0.29) is 30.1 Å². The van der Waals surface area contributed by atoms with E-state index in [1.807, 2.05) is 0 Å². The molecule has 1 aromatic carbocycles. The number of hydrogen-bond acceptors (Lipinski definition) is 6. The summed E-state index contributed by atoms with van der Waals surface area (Å²) >= 11 is 0. The molecule has 0 bridgehead atoms. The van der Waals surface area contributed by atoms with Crippen molar-refractivity contribution in [1.29, 1.82) is 0 Å². The van der Waals surface area contributed by atoms with Gasteiger partial charge < -0.3 is 10.6 Å². The molecule has 0 saturated carbocycles. The largest absolute Gasteiger partial charge is 0.368 e. The number of nitrogens with zero attached hydrogens (tertiary/aromatic N) is 3. The number of amides is 1. The van der Waals surface area contributed by atoms with Gasteiger partial charge in [0.25, 0.3) is 0 Å². The predicted octanol–water partition coefficient (Wildman–Crippen LogP) is 1.12. The third kappa shape index (κ3) is 5.02. The number of anilines is 1. The van der Waals surface area contributed by atoms with Crippen molar-refractivity contribution in [1.82, 2.24) is 19.6 Å². The Morgan fingerprint density at radius 3 is 2.75 bits per heavy atom. The van der Waals surface area contributed by atoms with Gasteiger partial charge in [-0.25, -0.2) is 27.5 Å².